The summed E-state index contributed by atoms with van der Waals surface area (Å²) >= 11 is 0. The SMILES string of the molecule is O=C(CC[C@H]1CCCO1)Nc1c(F)cccc1OCc1ccccc1. The number of halogens is 1. The molecule has 0 saturated carbocycles. The van der Waals surface area contributed by atoms with Gasteiger partial charge in [-0.05, 0) is 37.0 Å². The van der Waals surface area contributed by atoms with Crippen LogP contribution in [0.4, 0.5) is 10.1 Å². The van der Waals surface area contributed by atoms with Crippen molar-refractivity contribution in [2.75, 3.05) is 11.9 Å². The molecule has 4 nitrogen and oxygen atoms in total. The van der Waals surface area contributed by atoms with Gasteiger partial charge in [-0.3, -0.25) is 4.79 Å². The number of para-hydroxylation sites is 1. The lowest BCUT2D eigenvalue weighted by Gasteiger charge is -2.14. The molecule has 0 radical (unpaired) electrons. The summed E-state index contributed by atoms with van der Waals surface area (Å²) in [5.74, 6) is -0.407. The Labute approximate surface area is 147 Å². The largest absolute Gasteiger partial charge is 0.487 e. The lowest BCUT2D eigenvalue weighted by Crippen LogP contribution is -2.16. The Morgan fingerprint density at radius 2 is 2.04 bits per heavy atom. The molecule has 25 heavy (non-hydrogen) atoms. The molecule has 2 aromatic carbocycles. The van der Waals surface area contributed by atoms with E-state index < -0.39 is 5.82 Å². The lowest BCUT2D eigenvalue weighted by molar-refractivity contribution is -0.116. The number of amides is 1. The van der Waals surface area contributed by atoms with Crippen molar-refractivity contribution in [2.45, 2.75) is 38.4 Å². The van der Waals surface area contributed by atoms with Crippen molar-refractivity contribution >= 4 is 11.6 Å². The Bertz CT molecular complexity index is 699. The van der Waals surface area contributed by atoms with Crippen molar-refractivity contribution in [1.82, 2.24) is 0 Å². The van der Waals surface area contributed by atoms with Crippen molar-refractivity contribution in [3.05, 3.63) is 59.9 Å². The first-order valence-electron chi connectivity index (χ1n) is 8.59. The maximum absolute atomic E-state index is 14.2. The molecule has 5 heteroatoms. The molecular weight excluding hydrogens is 321 g/mol. The highest BCUT2D eigenvalue weighted by molar-refractivity contribution is 5.92. The summed E-state index contributed by atoms with van der Waals surface area (Å²) < 4.78 is 25.4. The molecule has 132 valence electrons. The number of ether oxygens (including phenoxy) is 2. The van der Waals surface area contributed by atoms with Gasteiger partial charge in [0.1, 0.15) is 18.0 Å². The highest BCUT2D eigenvalue weighted by Gasteiger charge is 2.18. The van der Waals surface area contributed by atoms with Gasteiger partial charge in [0, 0.05) is 13.0 Å². The maximum Gasteiger partial charge on any atom is 0.224 e. The topological polar surface area (TPSA) is 47.6 Å². The summed E-state index contributed by atoms with van der Waals surface area (Å²) in [4.78, 5) is 12.2. The highest BCUT2D eigenvalue weighted by atomic mass is 19.1. The molecule has 1 N–H and O–H groups in total. The number of rotatable bonds is 7. The van der Waals surface area contributed by atoms with E-state index in [0.29, 0.717) is 25.2 Å². The molecule has 2 aromatic rings. The van der Waals surface area contributed by atoms with E-state index in [0.717, 1.165) is 25.0 Å². The Morgan fingerprint density at radius 3 is 2.80 bits per heavy atom. The van der Waals surface area contributed by atoms with E-state index >= 15 is 0 Å². The van der Waals surface area contributed by atoms with Crippen molar-refractivity contribution < 1.29 is 18.7 Å². The lowest BCUT2D eigenvalue weighted by atomic mass is 10.1. The summed E-state index contributed by atoms with van der Waals surface area (Å²) in [7, 11) is 0. The van der Waals surface area contributed by atoms with Gasteiger partial charge in [-0.25, -0.2) is 4.39 Å². The molecular formula is C20H22FNO3. The number of hydrogen-bond acceptors (Lipinski definition) is 3. The first kappa shape index (κ1) is 17.4. The zero-order valence-electron chi connectivity index (χ0n) is 14.0. The fourth-order valence-corrected chi connectivity index (χ4v) is 2.85. The number of nitrogens with one attached hydrogen (secondary N) is 1. The van der Waals surface area contributed by atoms with Crippen molar-refractivity contribution in [3.63, 3.8) is 0 Å². The molecule has 1 aliphatic heterocycles. The average Bonchev–Trinajstić information content (AvgIpc) is 3.15. The second-order valence-electron chi connectivity index (χ2n) is 6.11. The molecule has 1 amide bonds. The fourth-order valence-electron chi connectivity index (χ4n) is 2.85. The maximum atomic E-state index is 14.2. The van der Waals surface area contributed by atoms with E-state index in [4.69, 9.17) is 9.47 Å². The van der Waals surface area contributed by atoms with Gasteiger partial charge < -0.3 is 14.8 Å². The van der Waals surface area contributed by atoms with Gasteiger partial charge in [0.25, 0.3) is 0 Å². The summed E-state index contributed by atoms with van der Waals surface area (Å²) in [6.07, 6.45) is 3.12. The molecule has 0 spiro atoms. The van der Waals surface area contributed by atoms with Crippen LogP contribution in [-0.4, -0.2) is 18.6 Å². The van der Waals surface area contributed by atoms with Gasteiger partial charge in [0.15, 0.2) is 5.82 Å². The first-order valence-corrected chi connectivity index (χ1v) is 8.59. The first-order chi connectivity index (χ1) is 12.2. The molecule has 0 unspecified atom stereocenters. The molecule has 0 bridgehead atoms. The van der Waals surface area contributed by atoms with Crippen LogP contribution in [0.15, 0.2) is 48.5 Å². The van der Waals surface area contributed by atoms with Crippen LogP contribution in [0.3, 0.4) is 0 Å². The quantitative estimate of drug-likeness (QED) is 0.815. The fraction of sp³-hybridized carbons (Fsp3) is 0.350. The number of benzene rings is 2. The van der Waals surface area contributed by atoms with Crippen LogP contribution in [0, 0.1) is 5.82 Å². The average molecular weight is 343 g/mol. The second kappa shape index (κ2) is 8.62. The summed E-state index contributed by atoms with van der Waals surface area (Å²) in [5.41, 5.74) is 1.07. The Balaban J connectivity index is 1.60. The molecule has 1 atom stereocenters. The zero-order chi connectivity index (χ0) is 17.5. The summed E-state index contributed by atoms with van der Waals surface area (Å²) in [6.45, 7) is 1.07. The summed E-state index contributed by atoms with van der Waals surface area (Å²) in [6, 6.07) is 14.1. The highest BCUT2D eigenvalue weighted by Crippen LogP contribution is 2.28. The van der Waals surface area contributed by atoms with Crippen LogP contribution in [-0.2, 0) is 16.1 Å². The van der Waals surface area contributed by atoms with Crippen molar-refractivity contribution in [1.29, 1.82) is 0 Å². The predicted octanol–water partition coefficient (Wildman–Crippen LogP) is 4.30. The minimum absolute atomic E-state index is 0.0933. The molecule has 0 aromatic heterocycles. The van der Waals surface area contributed by atoms with Crippen LogP contribution in [0.5, 0.6) is 5.75 Å². The Kier molecular flexibility index (Phi) is 6.01. The predicted molar refractivity (Wildman–Crippen MR) is 94.0 cm³/mol. The smallest absolute Gasteiger partial charge is 0.224 e. The van der Waals surface area contributed by atoms with Gasteiger partial charge in [-0.1, -0.05) is 36.4 Å². The zero-order valence-corrected chi connectivity index (χ0v) is 14.0. The van der Waals surface area contributed by atoms with E-state index in [1.807, 2.05) is 30.3 Å². The van der Waals surface area contributed by atoms with Gasteiger partial charge in [0.05, 0.1) is 6.10 Å². The number of anilines is 1. The Morgan fingerprint density at radius 1 is 1.20 bits per heavy atom. The normalized spacial score (nSPS) is 16.6. The summed E-state index contributed by atoms with van der Waals surface area (Å²) in [5, 5.41) is 2.64. The molecule has 1 saturated heterocycles. The molecule has 1 heterocycles. The molecule has 1 aliphatic rings. The van der Waals surface area contributed by atoms with Gasteiger partial charge >= 0.3 is 0 Å². The Hall–Kier alpha value is -2.40. The van der Waals surface area contributed by atoms with E-state index in [1.54, 1.807) is 12.1 Å². The third-order valence-electron chi connectivity index (χ3n) is 4.19. The van der Waals surface area contributed by atoms with Crippen LogP contribution in [0.1, 0.15) is 31.2 Å². The van der Waals surface area contributed by atoms with E-state index in [-0.39, 0.29) is 17.7 Å². The van der Waals surface area contributed by atoms with Crippen molar-refractivity contribution in [2.24, 2.45) is 0 Å². The van der Waals surface area contributed by atoms with Crippen LogP contribution in [0.2, 0.25) is 0 Å². The number of carbonyl (C=O) groups is 1. The molecule has 0 aliphatic carbocycles. The molecule has 1 fully saturated rings. The van der Waals surface area contributed by atoms with E-state index in [2.05, 4.69) is 5.32 Å². The van der Waals surface area contributed by atoms with Crippen LogP contribution >= 0.6 is 0 Å². The monoisotopic (exact) mass is 343 g/mol. The van der Waals surface area contributed by atoms with Crippen LogP contribution in [0.25, 0.3) is 0 Å². The van der Waals surface area contributed by atoms with Gasteiger partial charge in [-0.15, -0.1) is 0 Å². The minimum atomic E-state index is -0.504. The third-order valence-corrected chi connectivity index (χ3v) is 4.19. The third kappa shape index (κ3) is 5.03. The number of carbonyl (C=O) groups excluding carboxylic acids is 1. The van der Waals surface area contributed by atoms with Crippen LogP contribution < -0.4 is 10.1 Å². The standard InChI is InChI=1S/C20H22FNO3/c21-17-9-4-10-18(25-14-15-6-2-1-3-7-15)20(17)22-19(23)12-11-16-8-5-13-24-16/h1-4,6-7,9-10,16H,5,8,11-14H2,(H,22,23)/t16-/m1/s1. The minimum Gasteiger partial charge on any atom is -0.487 e. The van der Waals surface area contributed by atoms with Crippen molar-refractivity contribution in [3.8, 4) is 5.75 Å². The molecule has 3 rings (SSSR count). The van der Waals surface area contributed by atoms with Gasteiger partial charge in [0.2, 0.25) is 5.91 Å². The number of hydrogen-bond donors (Lipinski definition) is 1. The van der Waals surface area contributed by atoms with Gasteiger partial charge in [-0.2, -0.15) is 0 Å². The van der Waals surface area contributed by atoms with E-state index in [1.165, 1.54) is 6.07 Å². The van der Waals surface area contributed by atoms with E-state index in [9.17, 15) is 9.18 Å². The second-order valence-corrected chi connectivity index (χ2v) is 6.11.